The van der Waals surface area contributed by atoms with Crippen molar-refractivity contribution < 1.29 is 9.45 Å². The van der Waals surface area contributed by atoms with Crippen LogP contribution in [-0.4, -0.2) is 13.8 Å². The molecule has 0 aliphatic carbocycles. The second-order valence-corrected chi connectivity index (χ2v) is 1.57. The lowest BCUT2D eigenvalue weighted by molar-refractivity contribution is -0.112. The van der Waals surface area contributed by atoms with Crippen molar-refractivity contribution in [3.63, 3.8) is 0 Å². The van der Waals surface area contributed by atoms with E-state index in [9.17, 15) is 4.79 Å². The molecule has 0 N–H and O–H groups in total. The molecule has 0 aliphatic heterocycles. The predicted octanol–water partition coefficient (Wildman–Crippen LogP) is 0.0439. The minimum Gasteiger partial charge on any atom is -0.571 e. The molecule has 3 heteroatoms. The van der Waals surface area contributed by atoms with Gasteiger partial charge in [0.05, 0.1) is 5.76 Å². The fourth-order valence-electron chi connectivity index (χ4n) is 0.345. The standard InChI is InChI=1S/C5H9BO2/c1-4(7)3-5(2)8-6/h3H,6H2,1-2H3/b5-3-. The maximum Gasteiger partial charge on any atom is 0.321 e. The van der Waals surface area contributed by atoms with Gasteiger partial charge in [-0.25, -0.2) is 0 Å². The van der Waals surface area contributed by atoms with Gasteiger partial charge >= 0.3 is 8.05 Å². The number of rotatable bonds is 2. The van der Waals surface area contributed by atoms with Crippen LogP contribution < -0.4 is 0 Å². The van der Waals surface area contributed by atoms with Gasteiger partial charge in [-0.2, -0.15) is 0 Å². The maximum absolute atomic E-state index is 10.3. The highest BCUT2D eigenvalue weighted by Gasteiger charge is 1.85. The highest BCUT2D eigenvalue weighted by Crippen LogP contribution is 1.89. The molecule has 0 aromatic heterocycles. The van der Waals surface area contributed by atoms with Gasteiger partial charge in [0.25, 0.3) is 0 Å². The normalized spacial score (nSPS) is 11.0. The summed E-state index contributed by atoms with van der Waals surface area (Å²) in [7, 11) is 1.54. The van der Waals surface area contributed by atoms with Crippen LogP contribution in [0.4, 0.5) is 0 Å². The van der Waals surface area contributed by atoms with Crippen molar-refractivity contribution in [2.24, 2.45) is 0 Å². The van der Waals surface area contributed by atoms with Gasteiger partial charge < -0.3 is 4.65 Å². The van der Waals surface area contributed by atoms with Crippen LogP contribution in [0.3, 0.4) is 0 Å². The third-order valence-electron chi connectivity index (χ3n) is 0.729. The molecule has 0 amide bonds. The van der Waals surface area contributed by atoms with Crippen LogP contribution in [0.15, 0.2) is 11.8 Å². The summed E-state index contributed by atoms with van der Waals surface area (Å²) < 4.78 is 4.70. The van der Waals surface area contributed by atoms with Crippen LogP contribution in [-0.2, 0) is 9.45 Å². The average Bonchev–Trinajstić information content (AvgIpc) is 1.65. The Balaban J connectivity index is 3.75. The Hall–Kier alpha value is -0.725. The minimum atomic E-state index is 0.0179. The van der Waals surface area contributed by atoms with E-state index >= 15 is 0 Å². The van der Waals surface area contributed by atoms with Gasteiger partial charge in [0.2, 0.25) is 0 Å². The molecule has 0 saturated carbocycles. The second-order valence-electron chi connectivity index (χ2n) is 1.57. The zero-order chi connectivity index (χ0) is 6.57. The summed E-state index contributed by atoms with van der Waals surface area (Å²) in [5, 5.41) is 0. The lowest BCUT2D eigenvalue weighted by Crippen LogP contribution is -1.87. The van der Waals surface area contributed by atoms with E-state index in [1.807, 2.05) is 0 Å². The second kappa shape index (κ2) is 3.30. The number of hydrogen-bond acceptors (Lipinski definition) is 2. The summed E-state index contributed by atoms with van der Waals surface area (Å²) in [6.07, 6.45) is 1.44. The number of carbonyl (C=O) groups excluding carboxylic acids is 1. The Morgan fingerprint density at radius 1 is 1.62 bits per heavy atom. The largest absolute Gasteiger partial charge is 0.571 e. The minimum absolute atomic E-state index is 0.0179. The first-order chi connectivity index (χ1) is 3.66. The molecule has 0 heterocycles. The van der Waals surface area contributed by atoms with E-state index < -0.39 is 0 Å². The number of ketones is 1. The first-order valence-electron chi connectivity index (χ1n) is 2.39. The van der Waals surface area contributed by atoms with Crippen molar-refractivity contribution in [2.45, 2.75) is 13.8 Å². The molecule has 0 aromatic rings. The van der Waals surface area contributed by atoms with Crippen molar-refractivity contribution >= 4 is 13.8 Å². The van der Waals surface area contributed by atoms with E-state index in [0.717, 1.165) is 0 Å². The number of hydrogen-bond donors (Lipinski definition) is 0. The van der Waals surface area contributed by atoms with Gasteiger partial charge in [0.1, 0.15) is 0 Å². The van der Waals surface area contributed by atoms with E-state index in [0.29, 0.717) is 5.76 Å². The van der Waals surface area contributed by atoms with Crippen LogP contribution in [0, 0.1) is 0 Å². The number of allylic oxidation sites excluding steroid dienone is 2. The Bertz CT molecular complexity index is 118. The molecular weight excluding hydrogens is 103 g/mol. The Morgan fingerprint density at radius 3 is 2.25 bits per heavy atom. The molecule has 0 spiro atoms. The molecule has 0 saturated heterocycles. The smallest absolute Gasteiger partial charge is 0.321 e. The van der Waals surface area contributed by atoms with Crippen LogP contribution in [0.5, 0.6) is 0 Å². The first kappa shape index (κ1) is 7.27. The van der Waals surface area contributed by atoms with Crippen molar-refractivity contribution in [3.05, 3.63) is 11.8 Å². The van der Waals surface area contributed by atoms with Crippen molar-refractivity contribution in [1.29, 1.82) is 0 Å². The molecule has 0 radical (unpaired) electrons. The van der Waals surface area contributed by atoms with Crippen LogP contribution >= 0.6 is 0 Å². The quantitative estimate of drug-likeness (QED) is 0.286. The summed E-state index contributed by atoms with van der Waals surface area (Å²) >= 11 is 0. The zero-order valence-electron chi connectivity index (χ0n) is 5.39. The number of carbonyl (C=O) groups is 1. The molecule has 8 heavy (non-hydrogen) atoms. The molecule has 0 atom stereocenters. The van der Waals surface area contributed by atoms with E-state index in [1.54, 1.807) is 6.92 Å². The Labute approximate surface area is 50.0 Å². The van der Waals surface area contributed by atoms with Gasteiger partial charge in [-0.05, 0) is 13.8 Å². The van der Waals surface area contributed by atoms with Gasteiger partial charge in [-0.15, -0.1) is 0 Å². The van der Waals surface area contributed by atoms with Crippen LogP contribution in [0.1, 0.15) is 13.8 Å². The molecule has 0 fully saturated rings. The summed E-state index contributed by atoms with van der Waals surface area (Å²) in [5.41, 5.74) is 0. The van der Waals surface area contributed by atoms with Crippen molar-refractivity contribution in [1.82, 2.24) is 0 Å². The topological polar surface area (TPSA) is 26.3 Å². The van der Waals surface area contributed by atoms with Crippen LogP contribution in [0.25, 0.3) is 0 Å². The lowest BCUT2D eigenvalue weighted by atomic mass is 10.3. The molecule has 0 bridgehead atoms. The van der Waals surface area contributed by atoms with E-state index in [-0.39, 0.29) is 5.78 Å². The fourth-order valence-corrected chi connectivity index (χ4v) is 0.345. The van der Waals surface area contributed by atoms with Gasteiger partial charge in [-0.3, -0.25) is 4.79 Å². The third-order valence-corrected chi connectivity index (χ3v) is 0.729. The van der Waals surface area contributed by atoms with Gasteiger partial charge in [0.15, 0.2) is 5.78 Å². The monoisotopic (exact) mass is 112 g/mol. The summed E-state index contributed by atoms with van der Waals surface area (Å²) in [4.78, 5) is 10.3. The Kier molecular flexibility index (Phi) is 3.00. The fraction of sp³-hybridized carbons (Fsp3) is 0.400. The highest BCUT2D eigenvalue weighted by atomic mass is 16.4. The van der Waals surface area contributed by atoms with Crippen LogP contribution in [0.2, 0.25) is 0 Å². The van der Waals surface area contributed by atoms with Gasteiger partial charge in [0, 0.05) is 6.08 Å². The molecule has 0 rings (SSSR count). The molecule has 2 nitrogen and oxygen atoms in total. The van der Waals surface area contributed by atoms with E-state index in [2.05, 4.69) is 0 Å². The summed E-state index contributed by atoms with van der Waals surface area (Å²) in [5.74, 6) is 0.668. The third kappa shape index (κ3) is 3.46. The predicted molar refractivity (Wildman–Crippen MR) is 34.1 cm³/mol. The maximum atomic E-state index is 10.3. The van der Waals surface area contributed by atoms with Crippen molar-refractivity contribution in [2.75, 3.05) is 0 Å². The van der Waals surface area contributed by atoms with Gasteiger partial charge in [-0.1, -0.05) is 0 Å². The van der Waals surface area contributed by atoms with Crippen molar-refractivity contribution in [3.8, 4) is 0 Å². The van der Waals surface area contributed by atoms with E-state index in [1.165, 1.54) is 21.0 Å². The molecule has 0 aliphatic rings. The summed E-state index contributed by atoms with van der Waals surface area (Å²) in [6.45, 7) is 3.23. The molecule has 0 aromatic carbocycles. The van der Waals surface area contributed by atoms with E-state index in [4.69, 9.17) is 4.65 Å². The molecule has 0 unspecified atom stereocenters. The zero-order valence-corrected chi connectivity index (χ0v) is 5.39. The highest BCUT2D eigenvalue weighted by molar-refractivity contribution is 5.99. The molecular formula is C5H9BO2. The molecule has 44 valence electrons. The first-order valence-corrected chi connectivity index (χ1v) is 2.39. The average molecular weight is 112 g/mol. The summed E-state index contributed by atoms with van der Waals surface area (Å²) in [6, 6.07) is 0. The lowest BCUT2D eigenvalue weighted by Gasteiger charge is -1.94. The SMILES string of the molecule is BO/C(C)=C\C(C)=O. The Morgan fingerprint density at radius 2 is 2.12 bits per heavy atom.